The van der Waals surface area contributed by atoms with Gasteiger partial charge in [-0.25, -0.2) is 9.78 Å². The molecule has 2 heterocycles. The van der Waals surface area contributed by atoms with E-state index in [1.54, 1.807) is 19.1 Å². The summed E-state index contributed by atoms with van der Waals surface area (Å²) < 4.78 is 10.7. The quantitative estimate of drug-likeness (QED) is 0.497. The summed E-state index contributed by atoms with van der Waals surface area (Å²) in [5, 5.41) is 6.10. The van der Waals surface area contributed by atoms with Gasteiger partial charge in [0.15, 0.2) is 5.58 Å². The molecule has 0 bridgehead atoms. The van der Waals surface area contributed by atoms with E-state index in [1.165, 1.54) is 0 Å². The van der Waals surface area contributed by atoms with Gasteiger partial charge in [0.25, 0.3) is 0 Å². The first-order valence-corrected chi connectivity index (χ1v) is 8.67. The molecule has 26 heavy (non-hydrogen) atoms. The highest BCUT2D eigenvalue weighted by atomic mass is 16.5. The third-order valence-corrected chi connectivity index (χ3v) is 4.38. The van der Waals surface area contributed by atoms with E-state index in [-0.39, 0.29) is 5.97 Å². The van der Waals surface area contributed by atoms with Gasteiger partial charge in [0.05, 0.1) is 34.5 Å². The molecule has 0 amide bonds. The van der Waals surface area contributed by atoms with Gasteiger partial charge in [0.1, 0.15) is 0 Å². The summed E-state index contributed by atoms with van der Waals surface area (Å²) in [7, 11) is 0. The van der Waals surface area contributed by atoms with E-state index < -0.39 is 0 Å². The van der Waals surface area contributed by atoms with Gasteiger partial charge < -0.3 is 9.26 Å². The second-order valence-electron chi connectivity index (χ2n) is 5.96. The molecular weight excluding hydrogens is 328 g/mol. The minimum atomic E-state index is -0.324. The van der Waals surface area contributed by atoms with E-state index in [9.17, 15) is 4.79 Å². The van der Waals surface area contributed by atoms with Crippen LogP contribution in [0.25, 0.3) is 33.1 Å². The zero-order chi connectivity index (χ0) is 18.1. The third-order valence-electron chi connectivity index (χ3n) is 4.38. The lowest BCUT2D eigenvalue weighted by Crippen LogP contribution is -2.04. The maximum atomic E-state index is 11.9. The third kappa shape index (κ3) is 2.62. The average Bonchev–Trinajstić information content (AvgIpc) is 3.12. The molecule has 0 radical (unpaired) electrons. The standard InChI is InChI=1S/C21H18N2O3/c1-3-16-18-19(13-9-11-14(12-10-13)21(24)25-4-2)22-17-8-6-5-7-15(17)20(18)26-23-16/h5-12H,3-4H2,1-2H3. The van der Waals surface area contributed by atoms with Gasteiger partial charge in [-0.3, -0.25) is 0 Å². The van der Waals surface area contributed by atoms with Crippen LogP contribution in [0.5, 0.6) is 0 Å². The summed E-state index contributed by atoms with van der Waals surface area (Å²) in [5.41, 5.74) is 4.72. The fraction of sp³-hybridized carbons (Fsp3) is 0.190. The Balaban J connectivity index is 1.92. The van der Waals surface area contributed by atoms with E-state index in [4.69, 9.17) is 14.2 Å². The number of aromatic nitrogens is 2. The molecule has 0 atom stereocenters. The second kappa shape index (κ2) is 6.59. The average molecular weight is 346 g/mol. The molecule has 0 saturated carbocycles. The van der Waals surface area contributed by atoms with E-state index in [1.807, 2.05) is 43.3 Å². The minimum Gasteiger partial charge on any atom is -0.462 e. The molecule has 2 aromatic heterocycles. The minimum absolute atomic E-state index is 0.324. The van der Waals surface area contributed by atoms with Crippen molar-refractivity contribution in [2.45, 2.75) is 20.3 Å². The Morgan fingerprint density at radius 1 is 1.08 bits per heavy atom. The zero-order valence-corrected chi connectivity index (χ0v) is 14.7. The number of ether oxygens (including phenoxy) is 1. The van der Waals surface area contributed by atoms with Crippen molar-refractivity contribution < 1.29 is 14.1 Å². The van der Waals surface area contributed by atoms with Gasteiger partial charge in [-0.1, -0.05) is 36.3 Å². The lowest BCUT2D eigenvalue weighted by molar-refractivity contribution is 0.0526. The summed E-state index contributed by atoms with van der Waals surface area (Å²) >= 11 is 0. The molecule has 130 valence electrons. The van der Waals surface area contributed by atoms with Gasteiger partial charge in [-0.05, 0) is 37.6 Å². The molecular formula is C21H18N2O3. The van der Waals surface area contributed by atoms with Crippen LogP contribution >= 0.6 is 0 Å². The van der Waals surface area contributed by atoms with Crippen molar-refractivity contribution in [3.05, 3.63) is 59.8 Å². The maximum absolute atomic E-state index is 11.9. The topological polar surface area (TPSA) is 65.2 Å². The van der Waals surface area contributed by atoms with Gasteiger partial charge in [-0.15, -0.1) is 0 Å². The Hall–Kier alpha value is -3.21. The largest absolute Gasteiger partial charge is 0.462 e. The molecule has 4 aromatic rings. The number of fused-ring (bicyclic) bond motifs is 3. The predicted molar refractivity (Wildman–Crippen MR) is 100 cm³/mol. The number of esters is 1. The van der Waals surface area contributed by atoms with Gasteiger partial charge in [0, 0.05) is 10.9 Å². The summed E-state index contributed by atoms with van der Waals surface area (Å²) in [5.74, 6) is -0.324. The van der Waals surface area contributed by atoms with E-state index >= 15 is 0 Å². The van der Waals surface area contributed by atoms with Crippen LogP contribution in [0, 0.1) is 0 Å². The van der Waals surface area contributed by atoms with Gasteiger partial charge in [-0.2, -0.15) is 0 Å². The molecule has 5 nitrogen and oxygen atoms in total. The predicted octanol–water partition coefficient (Wildman–Crippen LogP) is 4.78. The first kappa shape index (κ1) is 16.3. The first-order chi connectivity index (χ1) is 12.7. The van der Waals surface area contributed by atoms with Crippen molar-refractivity contribution in [2.24, 2.45) is 0 Å². The lowest BCUT2D eigenvalue weighted by Gasteiger charge is -2.07. The number of para-hydroxylation sites is 1. The highest BCUT2D eigenvalue weighted by molar-refractivity contribution is 6.08. The molecule has 0 aliphatic heterocycles. The number of pyridine rings is 1. The number of rotatable bonds is 4. The number of benzene rings is 2. The number of hydrogen-bond acceptors (Lipinski definition) is 5. The van der Waals surface area contributed by atoms with Crippen LogP contribution in [0.3, 0.4) is 0 Å². The lowest BCUT2D eigenvalue weighted by atomic mass is 10.0. The molecule has 0 aliphatic carbocycles. The number of carbonyl (C=O) groups excluding carboxylic acids is 1. The molecule has 4 rings (SSSR count). The molecule has 0 aliphatic rings. The Kier molecular flexibility index (Phi) is 4.13. The molecule has 0 N–H and O–H groups in total. The zero-order valence-electron chi connectivity index (χ0n) is 14.7. The van der Waals surface area contributed by atoms with E-state index in [0.29, 0.717) is 12.2 Å². The van der Waals surface area contributed by atoms with Crippen LogP contribution in [-0.4, -0.2) is 22.7 Å². The van der Waals surface area contributed by atoms with Crippen molar-refractivity contribution in [3.63, 3.8) is 0 Å². The van der Waals surface area contributed by atoms with E-state index in [2.05, 4.69) is 5.16 Å². The Morgan fingerprint density at radius 3 is 2.58 bits per heavy atom. The SMILES string of the molecule is CCOC(=O)c1ccc(-c2nc3ccccc3c3onc(CC)c23)cc1. The fourth-order valence-corrected chi connectivity index (χ4v) is 3.12. The summed E-state index contributed by atoms with van der Waals surface area (Å²) in [6, 6.07) is 15.1. The molecule has 0 fully saturated rings. The normalized spacial score (nSPS) is 11.2. The Morgan fingerprint density at radius 2 is 1.85 bits per heavy atom. The Bertz CT molecular complexity index is 1100. The van der Waals surface area contributed by atoms with E-state index in [0.717, 1.165) is 45.2 Å². The van der Waals surface area contributed by atoms with Crippen LogP contribution in [0.2, 0.25) is 0 Å². The number of carbonyl (C=O) groups is 1. The molecule has 0 unspecified atom stereocenters. The number of nitrogens with zero attached hydrogens (tertiary/aromatic N) is 2. The Labute approximate surface area is 150 Å². The smallest absolute Gasteiger partial charge is 0.338 e. The van der Waals surface area contributed by atoms with Crippen molar-refractivity contribution in [2.75, 3.05) is 6.61 Å². The number of aryl methyl sites for hydroxylation is 1. The molecule has 0 saturated heterocycles. The summed E-state index contributed by atoms with van der Waals surface area (Å²) in [6.45, 7) is 4.19. The maximum Gasteiger partial charge on any atom is 0.338 e. The van der Waals surface area contributed by atoms with Crippen LogP contribution in [0.4, 0.5) is 0 Å². The second-order valence-corrected chi connectivity index (χ2v) is 5.96. The van der Waals surface area contributed by atoms with Crippen molar-refractivity contribution in [1.29, 1.82) is 0 Å². The summed E-state index contributed by atoms with van der Waals surface area (Å²) in [4.78, 5) is 16.7. The van der Waals surface area contributed by atoms with Gasteiger partial charge in [0.2, 0.25) is 0 Å². The van der Waals surface area contributed by atoms with Crippen LogP contribution in [-0.2, 0) is 11.2 Å². The van der Waals surface area contributed by atoms with Crippen molar-refractivity contribution >= 4 is 27.8 Å². The van der Waals surface area contributed by atoms with Crippen LogP contribution < -0.4 is 0 Å². The van der Waals surface area contributed by atoms with Crippen LogP contribution in [0.1, 0.15) is 29.9 Å². The molecule has 2 aromatic carbocycles. The van der Waals surface area contributed by atoms with Crippen LogP contribution in [0.15, 0.2) is 53.1 Å². The highest BCUT2D eigenvalue weighted by Crippen LogP contribution is 2.34. The monoisotopic (exact) mass is 346 g/mol. The fourth-order valence-electron chi connectivity index (χ4n) is 3.12. The highest BCUT2D eigenvalue weighted by Gasteiger charge is 2.18. The summed E-state index contributed by atoms with van der Waals surface area (Å²) in [6.07, 6.45) is 0.751. The molecule has 5 heteroatoms. The van der Waals surface area contributed by atoms with Crippen molar-refractivity contribution in [1.82, 2.24) is 10.1 Å². The number of hydrogen-bond donors (Lipinski definition) is 0. The van der Waals surface area contributed by atoms with Crippen molar-refractivity contribution in [3.8, 4) is 11.3 Å². The first-order valence-electron chi connectivity index (χ1n) is 8.67. The molecule has 0 spiro atoms. The van der Waals surface area contributed by atoms with Gasteiger partial charge >= 0.3 is 5.97 Å².